The second-order valence-corrected chi connectivity index (χ2v) is 11.5. The van der Waals surface area contributed by atoms with Gasteiger partial charge in [0.15, 0.2) is 0 Å². The minimum absolute atomic E-state index is 0.0817. The number of carbonyl (C=O) groups is 2. The van der Waals surface area contributed by atoms with Crippen molar-refractivity contribution >= 4 is 73.1 Å². The molecule has 2 aromatic carbocycles. The second kappa shape index (κ2) is 12.9. The van der Waals surface area contributed by atoms with Gasteiger partial charge in [-0.05, 0) is 46.4 Å². The first-order chi connectivity index (χ1) is 17.5. The Morgan fingerprint density at radius 2 is 1.56 bits per heavy atom. The van der Waals surface area contributed by atoms with Crippen LogP contribution in [0.25, 0.3) is 0 Å². The summed E-state index contributed by atoms with van der Waals surface area (Å²) in [5, 5.41) is 18.8. The average molecular weight is 559 g/mol. The lowest BCUT2D eigenvalue weighted by molar-refractivity contribution is -0.117. The molecule has 0 aliphatic heterocycles. The van der Waals surface area contributed by atoms with Crippen LogP contribution in [0.15, 0.2) is 54.6 Å². The standard InChI is InChI=1S/C24H23ClN6O2S3/c25-19(32)14-17-7-4-8-18(13-17)31(22(33)15-16-5-2-1-3-6-16)24-30-28-21(36-24)10-12-34-11-9-20-27-29-23(26)35-20/h1-8,13H,9-12,14-15H2,(H2,26,29). The SMILES string of the molecule is Nc1nnc(CCSCCc2nnc(N(C(=O)Cc3ccccc3)c3cccc(CC(=O)Cl)c3)s2)s1. The minimum atomic E-state index is -0.459. The maximum absolute atomic E-state index is 13.4. The molecule has 4 rings (SSSR count). The number of nitrogens with two attached hydrogens (primary N) is 1. The fourth-order valence-corrected chi connectivity index (χ4v) is 6.18. The molecule has 186 valence electrons. The number of hydrogen-bond donors (Lipinski definition) is 1. The highest BCUT2D eigenvalue weighted by Crippen LogP contribution is 2.31. The summed E-state index contributed by atoms with van der Waals surface area (Å²) in [6.45, 7) is 0. The predicted octanol–water partition coefficient (Wildman–Crippen LogP) is 4.71. The molecule has 8 nitrogen and oxygen atoms in total. The van der Waals surface area contributed by atoms with Crippen molar-refractivity contribution in [1.29, 1.82) is 0 Å². The molecule has 12 heteroatoms. The van der Waals surface area contributed by atoms with Crippen LogP contribution in [0.5, 0.6) is 0 Å². The van der Waals surface area contributed by atoms with Crippen LogP contribution in [-0.2, 0) is 35.3 Å². The van der Waals surface area contributed by atoms with Gasteiger partial charge in [-0.2, -0.15) is 11.8 Å². The van der Waals surface area contributed by atoms with E-state index in [9.17, 15) is 9.59 Å². The van der Waals surface area contributed by atoms with Crippen molar-refractivity contribution < 1.29 is 9.59 Å². The third kappa shape index (κ3) is 7.57. The van der Waals surface area contributed by atoms with Crippen molar-refractivity contribution in [3.63, 3.8) is 0 Å². The zero-order chi connectivity index (χ0) is 25.3. The molecule has 2 heterocycles. The topological polar surface area (TPSA) is 115 Å². The molecule has 0 radical (unpaired) electrons. The number of anilines is 3. The predicted molar refractivity (Wildman–Crippen MR) is 147 cm³/mol. The van der Waals surface area contributed by atoms with Gasteiger partial charge < -0.3 is 5.73 Å². The fourth-order valence-electron chi connectivity index (χ4n) is 3.40. The van der Waals surface area contributed by atoms with E-state index in [1.165, 1.54) is 22.7 Å². The molecule has 0 aliphatic rings. The third-order valence-corrected chi connectivity index (χ3v) is 7.91. The Hall–Kier alpha value is -2.86. The molecule has 2 N–H and O–H groups in total. The van der Waals surface area contributed by atoms with Gasteiger partial charge in [0.1, 0.15) is 10.0 Å². The summed E-state index contributed by atoms with van der Waals surface area (Å²) in [5.74, 6) is 1.64. The summed E-state index contributed by atoms with van der Waals surface area (Å²) in [5.41, 5.74) is 7.87. The molecule has 0 saturated heterocycles. The number of hydrogen-bond acceptors (Lipinski definition) is 10. The molecule has 4 aromatic rings. The Balaban J connectivity index is 1.45. The van der Waals surface area contributed by atoms with Gasteiger partial charge >= 0.3 is 0 Å². The van der Waals surface area contributed by atoms with Gasteiger partial charge in [-0.3, -0.25) is 14.5 Å². The lowest BCUT2D eigenvalue weighted by Gasteiger charge is -2.20. The van der Waals surface area contributed by atoms with Crippen LogP contribution >= 0.6 is 46.0 Å². The molecule has 0 fully saturated rings. The number of aromatic nitrogens is 4. The number of halogens is 1. The largest absolute Gasteiger partial charge is 0.374 e. The van der Waals surface area contributed by atoms with E-state index in [0.29, 0.717) is 16.0 Å². The van der Waals surface area contributed by atoms with Crippen LogP contribution in [0.1, 0.15) is 21.1 Å². The molecular weight excluding hydrogens is 536 g/mol. The fraction of sp³-hybridized carbons (Fsp3) is 0.250. The van der Waals surface area contributed by atoms with Gasteiger partial charge in [0, 0.05) is 19.3 Å². The molecule has 0 bridgehead atoms. The molecule has 0 spiro atoms. The van der Waals surface area contributed by atoms with E-state index in [0.717, 1.165) is 45.5 Å². The van der Waals surface area contributed by atoms with E-state index in [4.69, 9.17) is 17.3 Å². The lowest BCUT2D eigenvalue weighted by Crippen LogP contribution is -2.27. The number of amides is 1. The maximum Gasteiger partial charge on any atom is 0.237 e. The zero-order valence-electron chi connectivity index (χ0n) is 19.2. The summed E-state index contributed by atoms with van der Waals surface area (Å²) >= 11 is 10.2. The summed E-state index contributed by atoms with van der Waals surface area (Å²) in [6.07, 6.45) is 1.85. The first-order valence-electron chi connectivity index (χ1n) is 11.1. The van der Waals surface area contributed by atoms with Gasteiger partial charge in [0.05, 0.1) is 12.1 Å². The summed E-state index contributed by atoms with van der Waals surface area (Å²) in [6, 6.07) is 16.8. The van der Waals surface area contributed by atoms with Crippen LogP contribution in [-0.4, -0.2) is 43.1 Å². The summed E-state index contributed by atoms with van der Waals surface area (Å²) in [7, 11) is 0. The molecule has 0 unspecified atom stereocenters. The van der Waals surface area contributed by atoms with Crippen LogP contribution in [0.4, 0.5) is 16.0 Å². The number of nitrogens with zero attached hydrogens (tertiary/aromatic N) is 5. The Labute approximate surface area is 225 Å². The van der Waals surface area contributed by atoms with Crippen LogP contribution in [0.3, 0.4) is 0 Å². The van der Waals surface area contributed by atoms with E-state index >= 15 is 0 Å². The summed E-state index contributed by atoms with van der Waals surface area (Å²) < 4.78 is 0. The molecule has 0 aliphatic carbocycles. The van der Waals surface area contributed by atoms with Crippen LogP contribution in [0.2, 0.25) is 0 Å². The highest BCUT2D eigenvalue weighted by Gasteiger charge is 2.23. The van der Waals surface area contributed by atoms with Gasteiger partial charge in [0.2, 0.25) is 21.4 Å². The second-order valence-electron chi connectivity index (χ2n) is 7.72. The van der Waals surface area contributed by atoms with E-state index in [-0.39, 0.29) is 18.7 Å². The van der Waals surface area contributed by atoms with Gasteiger partial charge in [0.25, 0.3) is 0 Å². The molecule has 2 aromatic heterocycles. The van der Waals surface area contributed by atoms with E-state index in [1.807, 2.05) is 42.5 Å². The minimum Gasteiger partial charge on any atom is -0.374 e. The molecule has 1 amide bonds. The number of aryl methyl sites for hydroxylation is 2. The van der Waals surface area contributed by atoms with Crippen molar-refractivity contribution in [1.82, 2.24) is 20.4 Å². The summed E-state index contributed by atoms with van der Waals surface area (Å²) in [4.78, 5) is 26.4. The first-order valence-corrected chi connectivity index (χ1v) is 14.3. The smallest absolute Gasteiger partial charge is 0.237 e. The third-order valence-electron chi connectivity index (χ3n) is 5.01. The number of carbonyl (C=O) groups excluding carboxylic acids is 2. The number of nitrogen functional groups attached to an aromatic ring is 1. The van der Waals surface area contributed by atoms with Crippen LogP contribution in [0, 0.1) is 0 Å². The van der Waals surface area contributed by atoms with E-state index < -0.39 is 5.24 Å². The Kier molecular flexibility index (Phi) is 9.40. The number of rotatable bonds is 12. The Morgan fingerprint density at radius 1 is 0.861 bits per heavy atom. The van der Waals surface area contributed by atoms with Gasteiger partial charge in [-0.1, -0.05) is 65.1 Å². The van der Waals surface area contributed by atoms with Crippen molar-refractivity contribution in [2.45, 2.75) is 25.7 Å². The Morgan fingerprint density at radius 3 is 2.25 bits per heavy atom. The van der Waals surface area contributed by atoms with E-state index in [1.54, 1.807) is 28.8 Å². The normalized spacial score (nSPS) is 10.9. The van der Waals surface area contributed by atoms with Crippen molar-refractivity contribution in [3.05, 3.63) is 75.7 Å². The highest BCUT2D eigenvalue weighted by molar-refractivity contribution is 7.99. The monoisotopic (exact) mass is 558 g/mol. The molecular formula is C24H23ClN6O2S3. The molecule has 36 heavy (non-hydrogen) atoms. The van der Waals surface area contributed by atoms with E-state index in [2.05, 4.69) is 20.4 Å². The van der Waals surface area contributed by atoms with Crippen molar-refractivity contribution in [3.8, 4) is 0 Å². The number of benzene rings is 2. The number of thioether (sulfide) groups is 1. The Bertz CT molecular complexity index is 1310. The quantitative estimate of drug-likeness (QED) is 0.196. The van der Waals surface area contributed by atoms with Crippen molar-refractivity contribution in [2.24, 2.45) is 0 Å². The molecule has 0 saturated carbocycles. The average Bonchev–Trinajstić information content (AvgIpc) is 3.48. The van der Waals surface area contributed by atoms with Crippen molar-refractivity contribution in [2.75, 3.05) is 22.1 Å². The first kappa shape index (κ1) is 26.2. The maximum atomic E-state index is 13.4. The van der Waals surface area contributed by atoms with Gasteiger partial charge in [-0.25, -0.2) is 0 Å². The lowest BCUT2D eigenvalue weighted by atomic mass is 10.1. The highest BCUT2D eigenvalue weighted by atomic mass is 35.5. The molecule has 0 atom stereocenters. The van der Waals surface area contributed by atoms with Crippen LogP contribution < -0.4 is 10.6 Å². The van der Waals surface area contributed by atoms with Gasteiger partial charge in [-0.15, -0.1) is 20.4 Å². The zero-order valence-corrected chi connectivity index (χ0v) is 22.4.